The van der Waals surface area contributed by atoms with E-state index < -0.39 is 27.3 Å². The van der Waals surface area contributed by atoms with Gasteiger partial charge in [0.1, 0.15) is 0 Å². The Morgan fingerprint density at radius 2 is 1.88 bits per heavy atom. The Labute approximate surface area is 93.1 Å². The number of nitrogens with zero attached hydrogens (tertiary/aromatic N) is 1. The van der Waals surface area contributed by atoms with Crippen molar-refractivity contribution in [2.45, 2.75) is 0 Å². The van der Waals surface area contributed by atoms with Gasteiger partial charge in [0, 0.05) is 0 Å². The summed E-state index contributed by atoms with van der Waals surface area (Å²) in [4.78, 5) is 35.0. The number of nitrogens with one attached hydrogen (secondary N) is 1. The fraction of sp³-hybridized carbons (Fsp3) is 0. The fourth-order valence-corrected chi connectivity index (χ4v) is 1.48. The van der Waals surface area contributed by atoms with Crippen LogP contribution in [-0.4, -0.2) is 15.0 Å². The SMILES string of the molecule is O=c1[nH]c2ccccc2c(=O)c([N+](=O)[O-])c1O. The molecule has 0 saturated carbocycles. The zero-order chi connectivity index (χ0) is 12.6. The molecule has 0 radical (unpaired) electrons. The summed E-state index contributed by atoms with van der Waals surface area (Å²) in [7, 11) is 0. The third-order valence-electron chi connectivity index (χ3n) is 2.26. The van der Waals surface area contributed by atoms with Gasteiger partial charge in [-0.2, -0.15) is 0 Å². The second kappa shape index (κ2) is 3.71. The van der Waals surface area contributed by atoms with E-state index in [1.807, 2.05) is 0 Å². The summed E-state index contributed by atoms with van der Waals surface area (Å²) < 4.78 is 0. The maximum absolute atomic E-state index is 11.8. The van der Waals surface area contributed by atoms with Gasteiger partial charge in [0.2, 0.25) is 0 Å². The normalized spacial score (nSPS) is 10.4. The van der Waals surface area contributed by atoms with Crippen molar-refractivity contribution in [1.82, 2.24) is 4.98 Å². The molecular weight excluding hydrogens is 228 g/mol. The van der Waals surface area contributed by atoms with Gasteiger partial charge < -0.3 is 10.1 Å². The molecule has 0 aliphatic carbocycles. The van der Waals surface area contributed by atoms with Crippen LogP contribution in [0.1, 0.15) is 0 Å². The highest BCUT2D eigenvalue weighted by Crippen LogP contribution is 2.17. The number of aromatic nitrogens is 1. The Morgan fingerprint density at radius 1 is 1.24 bits per heavy atom. The van der Waals surface area contributed by atoms with Crippen molar-refractivity contribution in [1.29, 1.82) is 0 Å². The summed E-state index contributed by atoms with van der Waals surface area (Å²) in [5.74, 6) is -1.18. The molecule has 0 aliphatic heterocycles. The van der Waals surface area contributed by atoms with Gasteiger partial charge in [-0.25, -0.2) is 0 Å². The van der Waals surface area contributed by atoms with E-state index in [2.05, 4.69) is 4.98 Å². The van der Waals surface area contributed by atoms with Crippen LogP contribution in [0, 0.1) is 10.1 Å². The second-order valence-corrected chi connectivity index (χ2v) is 3.28. The molecule has 0 saturated heterocycles. The van der Waals surface area contributed by atoms with Crippen molar-refractivity contribution in [3.05, 3.63) is 55.0 Å². The Morgan fingerprint density at radius 3 is 2.53 bits per heavy atom. The molecule has 7 nitrogen and oxygen atoms in total. The molecule has 1 aromatic carbocycles. The van der Waals surface area contributed by atoms with Crippen molar-refractivity contribution in [3.63, 3.8) is 0 Å². The van der Waals surface area contributed by atoms with Gasteiger partial charge in [0.25, 0.3) is 16.7 Å². The first kappa shape index (κ1) is 10.8. The minimum atomic E-state index is -1.18. The van der Waals surface area contributed by atoms with Crippen molar-refractivity contribution < 1.29 is 10.0 Å². The minimum Gasteiger partial charge on any atom is -0.498 e. The van der Waals surface area contributed by atoms with Gasteiger partial charge in [-0.05, 0) is 12.1 Å². The van der Waals surface area contributed by atoms with Gasteiger partial charge in [-0.1, -0.05) is 12.1 Å². The monoisotopic (exact) mass is 234 g/mol. The smallest absolute Gasteiger partial charge is 0.364 e. The standard InChI is InChI=1S/C10H6N2O5/c13-8-5-3-1-2-4-6(5)11-10(15)9(14)7(8)12(16)17/h1-4,14H,(H,11,15). The maximum Gasteiger partial charge on any atom is 0.364 e. The highest BCUT2D eigenvalue weighted by molar-refractivity contribution is 5.80. The average Bonchev–Trinajstić information content (AvgIpc) is 2.37. The summed E-state index contributed by atoms with van der Waals surface area (Å²) in [6.45, 7) is 0. The lowest BCUT2D eigenvalue weighted by atomic mass is 10.2. The van der Waals surface area contributed by atoms with Crippen LogP contribution in [0.15, 0.2) is 33.9 Å². The van der Waals surface area contributed by atoms with Crippen LogP contribution in [0.5, 0.6) is 5.75 Å². The number of nitro groups is 1. The van der Waals surface area contributed by atoms with Crippen molar-refractivity contribution in [3.8, 4) is 5.75 Å². The Kier molecular flexibility index (Phi) is 2.36. The van der Waals surface area contributed by atoms with Gasteiger partial charge in [0.05, 0.1) is 15.8 Å². The summed E-state index contributed by atoms with van der Waals surface area (Å²) in [6, 6.07) is 5.81. The molecule has 2 rings (SSSR count). The van der Waals surface area contributed by atoms with Crippen LogP contribution in [0.25, 0.3) is 10.9 Å². The number of hydrogen-bond donors (Lipinski definition) is 2. The first-order chi connectivity index (χ1) is 8.02. The summed E-state index contributed by atoms with van der Waals surface area (Å²) >= 11 is 0. The Hall–Kier alpha value is -2.70. The number of hydrogen-bond acceptors (Lipinski definition) is 5. The molecule has 7 heteroatoms. The molecule has 0 aliphatic rings. The third-order valence-corrected chi connectivity index (χ3v) is 2.26. The van der Waals surface area contributed by atoms with E-state index in [9.17, 15) is 24.8 Å². The van der Waals surface area contributed by atoms with Crippen molar-refractivity contribution in [2.75, 3.05) is 0 Å². The number of aromatic amines is 1. The molecule has 0 unspecified atom stereocenters. The number of benzene rings is 1. The molecule has 86 valence electrons. The summed E-state index contributed by atoms with van der Waals surface area (Å²) in [5, 5.41) is 20.0. The molecule has 0 bridgehead atoms. The molecule has 1 heterocycles. The van der Waals surface area contributed by atoms with Crippen LogP contribution in [0.2, 0.25) is 0 Å². The zero-order valence-electron chi connectivity index (χ0n) is 8.34. The number of rotatable bonds is 1. The van der Waals surface area contributed by atoms with Gasteiger partial charge in [0.15, 0.2) is 0 Å². The summed E-state index contributed by atoms with van der Waals surface area (Å²) in [6.07, 6.45) is 0. The van der Waals surface area contributed by atoms with Crippen LogP contribution >= 0.6 is 0 Å². The molecule has 0 spiro atoms. The van der Waals surface area contributed by atoms with Crippen molar-refractivity contribution in [2.24, 2.45) is 0 Å². The largest absolute Gasteiger partial charge is 0.498 e. The van der Waals surface area contributed by atoms with Crippen LogP contribution in [-0.2, 0) is 0 Å². The summed E-state index contributed by atoms with van der Waals surface area (Å²) in [5.41, 5.74) is -3.06. The molecule has 0 amide bonds. The lowest BCUT2D eigenvalue weighted by Gasteiger charge is -1.88. The van der Waals surface area contributed by atoms with Crippen LogP contribution < -0.4 is 11.0 Å². The molecule has 17 heavy (non-hydrogen) atoms. The first-order valence-corrected chi connectivity index (χ1v) is 4.55. The Bertz CT molecular complexity index is 735. The van der Waals surface area contributed by atoms with E-state index in [1.54, 1.807) is 6.07 Å². The third kappa shape index (κ3) is 1.63. The van der Waals surface area contributed by atoms with Gasteiger partial charge in [-0.15, -0.1) is 0 Å². The minimum absolute atomic E-state index is 0.0309. The maximum atomic E-state index is 11.8. The van der Waals surface area contributed by atoms with Crippen LogP contribution in [0.3, 0.4) is 0 Å². The van der Waals surface area contributed by atoms with E-state index in [0.29, 0.717) is 0 Å². The predicted molar refractivity (Wildman–Crippen MR) is 59.2 cm³/mol. The van der Waals surface area contributed by atoms with E-state index in [4.69, 9.17) is 0 Å². The van der Waals surface area contributed by atoms with Crippen molar-refractivity contribution >= 4 is 16.6 Å². The van der Waals surface area contributed by atoms with E-state index in [1.165, 1.54) is 18.2 Å². The van der Waals surface area contributed by atoms with Gasteiger partial charge >= 0.3 is 5.69 Å². The van der Waals surface area contributed by atoms with E-state index in [-0.39, 0.29) is 10.9 Å². The molecule has 0 fully saturated rings. The number of fused-ring (bicyclic) bond motifs is 1. The molecule has 0 atom stereocenters. The topological polar surface area (TPSA) is 113 Å². The highest BCUT2D eigenvalue weighted by atomic mass is 16.6. The lowest BCUT2D eigenvalue weighted by molar-refractivity contribution is -0.386. The molecule has 1 aromatic heterocycles. The number of H-pyrrole nitrogens is 1. The number of aromatic hydroxyl groups is 1. The first-order valence-electron chi connectivity index (χ1n) is 4.55. The number of para-hydroxylation sites is 1. The Balaban J connectivity index is 3.18. The molecule has 2 N–H and O–H groups in total. The predicted octanol–water partition coefficient (Wildman–Crippen LogP) is 0.502. The van der Waals surface area contributed by atoms with E-state index >= 15 is 0 Å². The second-order valence-electron chi connectivity index (χ2n) is 3.28. The zero-order valence-corrected chi connectivity index (χ0v) is 8.34. The highest BCUT2D eigenvalue weighted by Gasteiger charge is 2.22. The quantitative estimate of drug-likeness (QED) is 0.551. The van der Waals surface area contributed by atoms with E-state index in [0.717, 1.165) is 0 Å². The fourth-order valence-electron chi connectivity index (χ4n) is 1.48. The molecular formula is C10H6N2O5. The lowest BCUT2D eigenvalue weighted by Crippen LogP contribution is -2.08. The van der Waals surface area contributed by atoms with Gasteiger partial charge in [-0.3, -0.25) is 19.7 Å². The van der Waals surface area contributed by atoms with Crippen LogP contribution in [0.4, 0.5) is 5.69 Å². The molecule has 2 aromatic rings. The average molecular weight is 234 g/mol.